The van der Waals surface area contributed by atoms with Crippen molar-refractivity contribution in [2.45, 2.75) is 286 Å². The summed E-state index contributed by atoms with van der Waals surface area (Å²) >= 11 is 0. The van der Waals surface area contributed by atoms with Gasteiger partial charge in [0, 0.05) is 0 Å². The molecule has 8 bridgehead atoms. The topological polar surface area (TPSA) is 0 Å². The fourth-order valence-corrected chi connectivity index (χ4v) is 18.3. The van der Waals surface area contributed by atoms with E-state index in [-0.39, 0.29) is 7.43 Å². The summed E-state index contributed by atoms with van der Waals surface area (Å²) < 4.78 is 0. The smallest absolute Gasteiger partial charge is 0.0195 e. The lowest BCUT2D eigenvalue weighted by Crippen LogP contribution is -2.57. The molecule has 0 aromatic rings. The van der Waals surface area contributed by atoms with Crippen LogP contribution in [-0.4, -0.2) is 0 Å². The Bertz CT molecular complexity index is 1230. The molecule has 0 amide bonds. The second-order valence-corrected chi connectivity index (χ2v) is 28.3. The fourth-order valence-electron chi connectivity index (χ4n) is 18.3. The van der Waals surface area contributed by atoms with Crippen molar-refractivity contribution in [2.24, 2.45) is 83.7 Å². The predicted molar refractivity (Wildman–Crippen MR) is 260 cm³/mol. The first-order valence-electron chi connectivity index (χ1n) is 26.1. The normalized spacial score (nSPS) is 48.1. The van der Waals surface area contributed by atoms with Crippen LogP contribution in [-0.2, 0) is 0 Å². The molecule has 0 aromatic heterocycles. The molecule has 2 unspecified atom stereocenters. The standard InChI is InChI=1S/2C15H28.C14H26.C13H24.CH4/c1-12(2)15(5)13(3)8-6-10-14(15,4)11-7-9-13;1-12(2)15(5)10-13(3)7-6-8-14(4,9-13)11-15;1-11(2)12-8-13(3)6-5-7-14(4,9-12)10-13;1-11(2)13-8-4-6-12(3,10-13)7-5-9-13;/h2*12H,6-11H2,1-5H3;11-12H,5-10H2,1-4H3;11H,4-10H2,1-3H3;1H4/t;13-,14+,15?;12?,13-,14+;;. The first kappa shape index (κ1) is 50.6. The number of fused-ring (bicyclic) bond motifs is 8. The molecule has 0 spiro atoms. The van der Waals surface area contributed by atoms with Crippen molar-refractivity contribution in [1.82, 2.24) is 0 Å². The molecule has 0 N–H and O–H groups in total. The molecule has 0 heteroatoms. The lowest BCUT2D eigenvalue weighted by molar-refractivity contribution is -0.166. The molecular formula is C58H110. The highest BCUT2D eigenvalue weighted by Gasteiger charge is 2.60. The summed E-state index contributed by atoms with van der Waals surface area (Å²) in [6, 6.07) is 0. The van der Waals surface area contributed by atoms with E-state index in [1.165, 1.54) is 161 Å². The van der Waals surface area contributed by atoms with Gasteiger partial charge in [0.2, 0.25) is 0 Å². The van der Waals surface area contributed by atoms with Gasteiger partial charge in [0.05, 0.1) is 0 Å². The summed E-state index contributed by atoms with van der Waals surface area (Å²) in [5.74, 6) is 4.47. The summed E-state index contributed by atoms with van der Waals surface area (Å²) in [5, 5.41) is 0. The van der Waals surface area contributed by atoms with Gasteiger partial charge in [-0.3, -0.25) is 0 Å². The third-order valence-corrected chi connectivity index (χ3v) is 21.8. The minimum atomic E-state index is 0. The van der Waals surface area contributed by atoms with Crippen molar-refractivity contribution in [2.75, 3.05) is 0 Å². The van der Waals surface area contributed by atoms with E-state index in [0.29, 0.717) is 43.3 Å². The lowest BCUT2D eigenvalue weighted by atomic mass is 9.39. The van der Waals surface area contributed by atoms with Crippen LogP contribution in [0, 0.1) is 83.7 Å². The monoisotopic (exact) mass is 807 g/mol. The Morgan fingerprint density at radius 1 is 0.345 bits per heavy atom. The van der Waals surface area contributed by atoms with Crippen LogP contribution in [0.25, 0.3) is 0 Å². The van der Waals surface area contributed by atoms with Gasteiger partial charge < -0.3 is 0 Å². The number of hydrogen-bond donors (Lipinski definition) is 0. The summed E-state index contributed by atoms with van der Waals surface area (Å²) in [6.45, 7) is 42.4. The van der Waals surface area contributed by atoms with Crippen molar-refractivity contribution in [1.29, 1.82) is 0 Å². The zero-order valence-corrected chi connectivity index (χ0v) is 42.6. The highest BCUT2D eigenvalue weighted by molar-refractivity contribution is 5.10. The van der Waals surface area contributed by atoms with Gasteiger partial charge in [-0.1, -0.05) is 164 Å². The number of hydrogen-bond acceptors (Lipinski definition) is 0. The zero-order valence-electron chi connectivity index (χ0n) is 42.6. The van der Waals surface area contributed by atoms with Gasteiger partial charge in [-0.15, -0.1) is 0 Å². The maximum absolute atomic E-state index is 2.59. The van der Waals surface area contributed by atoms with Gasteiger partial charge in [-0.05, 0) is 206 Å². The molecule has 8 fully saturated rings. The Balaban J connectivity index is 0.000000170. The van der Waals surface area contributed by atoms with Gasteiger partial charge in [0.25, 0.3) is 0 Å². The summed E-state index contributed by atoms with van der Waals surface area (Å²) in [7, 11) is 0. The zero-order chi connectivity index (χ0) is 42.6. The lowest BCUT2D eigenvalue weighted by Gasteiger charge is -2.66. The maximum atomic E-state index is 2.59. The first-order valence-corrected chi connectivity index (χ1v) is 26.1. The average Bonchev–Trinajstić information content (AvgIpc) is 3.05. The molecule has 8 aliphatic carbocycles. The largest absolute Gasteiger partial charge is 0.0776 e. The Morgan fingerprint density at radius 3 is 1.02 bits per heavy atom. The van der Waals surface area contributed by atoms with E-state index in [2.05, 4.69) is 118 Å². The minimum absolute atomic E-state index is 0. The summed E-state index contributed by atoms with van der Waals surface area (Å²) in [4.78, 5) is 0. The molecule has 0 aliphatic heterocycles. The second-order valence-electron chi connectivity index (χ2n) is 28.3. The molecule has 6 atom stereocenters. The Morgan fingerprint density at radius 2 is 0.690 bits per heavy atom. The van der Waals surface area contributed by atoms with Crippen molar-refractivity contribution in [3.8, 4) is 0 Å². The van der Waals surface area contributed by atoms with Crippen LogP contribution in [0.2, 0.25) is 0 Å². The molecule has 0 heterocycles. The highest BCUT2D eigenvalue weighted by Crippen LogP contribution is 2.69. The van der Waals surface area contributed by atoms with Crippen molar-refractivity contribution < 1.29 is 0 Å². The Kier molecular flexibility index (Phi) is 15.6. The molecule has 58 heavy (non-hydrogen) atoms. The third-order valence-electron chi connectivity index (χ3n) is 21.8. The van der Waals surface area contributed by atoms with Crippen LogP contribution in [0.4, 0.5) is 0 Å². The quantitative estimate of drug-likeness (QED) is 0.265. The van der Waals surface area contributed by atoms with Crippen LogP contribution in [0.15, 0.2) is 0 Å². The van der Waals surface area contributed by atoms with Crippen molar-refractivity contribution in [3.05, 3.63) is 0 Å². The molecule has 0 nitrogen and oxygen atoms in total. The van der Waals surface area contributed by atoms with E-state index in [0.717, 1.165) is 40.4 Å². The summed E-state index contributed by atoms with van der Waals surface area (Å²) in [6.07, 6.45) is 37.2. The molecule has 8 aliphatic rings. The average molecular weight is 808 g/mol. The van der Waals surface area contributed by atoms with Gasteiger partial charge in [0.1, 0.15) is 0 Å². The maximum Gasteiger partial charge on any atom is -0.0195 e. The van der Waals surface area contributed by atoms with Crippen LogP contribution in [0.1, 0.15) is 286 Å². The number of rotatable bonds is 4. The van der Waals surface area contributed by atoms with Gasteiger partial charge in [0.15, 0.2) is 0 Å². The van der Waals surface area contributed by atoms with E-state index in [1.807, 2.05) is 0 Å². The fraction of sp³-hybridized carbons (Fsp3) is 1.00. The van der Waals surface area contributed by atoms with Crippen LogP contribution >= 0.6 is 0 Å². The summed E-state index contributed by atoms with van der Waals surface area (Å²) in [5.41, 5.74) is 6.57. The SMILES string of the molecule is C.CC(C)C1(C)C2(C)CCCC1(C)CCC2.CC(C)C1(C)C[C@]2(C)CCC[C@](C)(C1)C2.CC(C)C12CCCC(C)(CCC1)C2.CC(C)C1C[C@]2(C)CCC[C@](C)(C1)C2. The minimum Gasteiger partial charge on any atom is -0.0776 e. The van der Waals surface area contributed by atoms with E-state index in [4.69, 9.17) is 0 Å². The van der Waals surface area contributed by atoms with Gasteiger partial charge >= 0.3 is 0 Å². The van der Waals surface area contributed by atoms with Crippen LogP contribution in [0.3, 0.4) is 0 Å². The molecule has 342 valence electrons. The highest BCUT2D eigenvalue weighted by atomic mass is 14.6. The van der Waals surface area contributed by atoms with E-state index in [1.54, 1.807) is 0 Å². The van der Waals surface area contributed by atoms with E-state index < -0.39 is 0 Å². The first-order chi connectivity index (χ1) is 26.1. The molecule has 8 saturated carbocycles. The Labute approximate surface area is 368 Å². The Hall–Kier alpha value is 0. The molecule has 0 radical (unpaired) electrons. The third kappa shape index (κ3) is 10.3. The van der Waals surface area contributed by atoms with Gasteiger partial charge in [-0.2, -0.15) is 0 Å². The van der Waals surface area contributed by atoms with Crippen molar-refractivity contribution >= 4 is 0 Å². The van der Waals surface area contributed by atoms with Crippen LogP contribution in [0.5, 0.6) is 0 Å². The van der Waals surface area contributed by atoms with Crippen molar-refractivity contribution in [3.63, 3.8) is 0 Å². The van der Waals surface area contributed by atoms with E-state index in [9.17, 15) is 0 Å². The predicted octanol–water partition coefficient (Wildman–Crippen LogP) is 19.7. The molecule has 0 saturated heterocycles. The molecular weight excluding hydrogens is 697 g/mol. The molecule has 0 aromatic carbocycles. The second kappa shape index (κ2) is 17.9. The van der Waals surface area contributed by atoms with Crippen LogP contribution < -0.4 is 0 Å². The van der Waals surface area contributed by atoms with E-state index >= 15 is 0 Å². The molecule has 8 rings (SSSR count). The van der Waals surface area contributed by atoms with Gasteiger partial charge in [-0.25, -0.2) is 0 Å².